The van der Waals surface area contributed by atoms with Gasteiger partial charge in [0, 0.05) is 4.88 Å². The lowest BCUT2D eigenvalue weighted by Crippen LogP contribution is -2.16. The van der Waals surface area contributed by atoms with E-state index >= 15 is 0 Å². The maximum atomic E-state index is 4.68. The molecule has 0 aliphatic rings. The van der Waals surface area contributed by atoms with Gasteiger partial charge in [-0.15, -0.1) is 11.3 Å². The summed E-state index contributed by atoms with van der Waals surface area (Å²) in [6.07, 6.45) is 1.07. The third-order valence-electron chi connectivity index (χ3n) is 2.18. The van der Waals surface area contributed by atoms with E-state index in [-0.39, 0.29) is 5.41 Å². The first-order valence-electron chi connectivity index (χ1n) is 5.56. The Hall–Kier alpha value is -0.370. The molecule has 0 amide bonds. The van der Waals surface area contributed by atoms with Crippen molar-refractivity contribution >= 4 is 11.3 Å². The van der Waals surface area contributed by atoms with E-state index in [1.54, 1.807) is 0 Å². The molecule has 1 nitrogen and oxygen atoms in total. The van der Waals surface area contributed by atoms with Crippen molar-refractivity contribution in [2.45, 2.75) is 60.3 Å². The molecule has 15 heavy (non-hydrogen) atoms. The quantitative estimate of drug-likeness (QED) is 0.693. The van der Waals surface area contributed by atoms with Gasteiger partial charge in [-0.25, -0.2) is 4.98 Å². The standard InChI is InChI=1S/C13H23NS/c1-9-14-10(8-12(2,3)4)11(15-9)13(5,6)7/h8H2,1-7H3. The summed E-state index contributed by atoms with van der Waals surface area (Å²) < 4.78 is 0. The Balaban J connectivity index is 3.08. The van der Waals surface area contributed by atoms with Crippen LogP contribution in [0.4, 0.5) is 0 Å². The van der Waals surface area contributed by atoms with Gasteiger partial charge in [-0.3, -0.25) is 0 Å². The van der Waals surface area contributed by atoms with Gasteiger partial charge in [-0.1, -0.05) is 41.5 Å². The Bertz CT molecular complexity index is 336. The lowest BCUT2D eigenvalue weighted by Gasteiger charge is -2.22. The zero-order valence-corrected chi connectivity index (χ0v) is 11.9. The molecule has 0 aromatic carbocycles. The van der Waals surface area contributed by atoms with Crippen molar-refractivity contribution < 1.29 is 0 Å². The molecule has 1 rings (SSSR count). The highest BCUT2D eigenvalue weighted by atomic mass is 32.1. The fourth-order valence-corrected chi connectivity index (χ4v) is 2.67. The average molecular weight is 225 g/mol. The largest absolute Gasteiger partial charge is 0.246 e. The van der Waals surface area contributed by atoms with Crippen molar-refractivity contribution in [1.82, 2.24) is 4.98 Å². The Morgan fingerprint density at radius 2 is 1.60 bits per heavy atom. The predicted molar refractivity (Wildman–Crippen MR) is 68.7 cm³/mol. The van der Waals surface area contributed by atoms with Gasteiger partial charge in [-0.05, 0) is 24.2 Å². The van der Waals surface area contributed by atoms with Crippen LogP contribution in [0.5, 0.6) is 0 Å². The molecule has 0 saturated carbocycles. The van der Waals surface area contributed by atoms with E-state index in [9.17, 15) is 0 Å². The molecule has 1 aromatic rings. The number of aromatic nitrogens is 1. The number of hydrogen-bond acceptors (Lipinski definition) is 2. The molecule has 86 valence electrons. The molecule has 0 spiro atoms. The first-order valence-corrected chi connectivity index (χ1v) is 6.38. The number of aryl methyl sites for hydroxylation is 1. The first-order chi connectivity index (χ1) is 6.59. The van der Waals surface area contributed by atoms with Crippen LogP contribution in [-0.4, -0.2) is 4.98 Å². The SMILES string of the molecule is Cc1nc(CC(C)(C)C)c(C(C)(C)C)s1. The van der Waals surface area contributed by atoms with E-state index in [0.29, 0.717) is 5.41 Å². The van der Waals surface area contributed by atoms with Gasteiger partial charge in [0.1, 0.15) is 0 Å². The minimum Gasteiger partial charge on any atom is -0.246 e. The zero-order chi connectivity index (χ0) is 11.9. The van der Waals surface area contributed by atoms with Crippen LogP contribution in [0.3, 0.4) is 0 Å². The number of rotatable bonds is 1. The van der Waals surface area contributed by atoms with Gasteiger partial charge >= 0.3 is 0 Å². The predicted octanol–water partition coefficient (Wildman–Crippen LogP) is 4.34. The third kappa shape index (κ3) is 3.60. The normalized spacial score (nSPS) is 13.3. The maximum absolute atomic E-state index is 4.68. The summed E-state index contributed by atoms with van der Waals surface area (Å²) in [7, 11) is 0. The maximum Gasteiger partial charge on any atom is 0.0900 e. The average Bonchev–Trinajstić information content (AvgIpc) is 2.25. The van der Waals surface area contributed by atoms with Crippen LogP contribution in [0.15, 0.2) is 0 Å². The number of nitrogens with zero attached hydrogens (tertiary/aromatic N) is 1. The molecule has 1 aromatic heterocycles. The summed E-state index contributed by atoms with van der Waals surface area (Å²) in [5, 5.41) is 1.19. The highest BCUT2D eigenvalue weighted by molar-refractivity contribution is 7.11. The van der Waals surface area contributed by atoms with E-state index in [1.165, 1.54) is 15.6 Å². The molecule has 0 radical (unpaired) electrons. The minimum atomic E-state index is 0.229. The van der Waals surface area contributed by atoms with Gasteiger partial charge in [0.15, 0.2) is 0 Å². The molecule has 0 aliphatic heterocycles. The molecule has 0 atom stereocenters. The van der Waals surface area contributed by atoms with Crippen molar-refractivity contribution in [3.8, 4) is 0 Å². The van der Waals surface area contributed by atoms with E-state index in [1.807, 2.05) is 11.3 Å². The third-order valence-corrected chi connectivity index (χ3v) is 3.62. The highest BCUT2D eigenvalue weighted by Gasteiger charge is 2.24. The summed E-state index contributed by atoms with van der Waals surface area (Å²) in [6.45, 7) is 15.7. The van der Waals surface area contributed by atoms with Crippen molar-refractivity contribution in [2.75, 3.05) is 0 Å². The van der Waals surface area contributed by atoms with Gasteiger partial charge in [-0.2, -0.15) is 0 Å². The van der Waals surface area contributed by atoms with Crippen molar-refractivity contribution in [3.05, 3.63) is 15.6 Å². The summed E-state index contributed by atoms with van der Waals surface area (Å²) in [5.41, 5.74) is 1.85. The highest BCUT2D eigenvalue weighted by Crippen LogP contribution is 2.34. The second-order valence-electron chi connectivity index (χ2n) is 6.50. The lowest BCUT2D eigenvalue weighted by molar-refractivity contribution is 0.402. The minimum absolute atomic E-state index is 0.229. The zero-order valence-electron chi connectivity index (χ0n) is 11.1. The second-order valence-corrected chi connectivity index (χ2v) is 7.70. The van der Waals surface area contributed by atoms with E-state index in [2.05, 4.69) is 53.5 Å². The molecule has 0 fully saturated rings. The van der Waals surface area contributed by atoms with Gasteiger partial charge < -0.3 is 0 Å². The summed E-state index contributed by atoms with van der Waals surface area (Å²) in [4.78, 5) is 6.13. The van der Waals surface area contributed by atoms with Crippen LogP contribution in [0, 0.1) is 12.3 Å². The van der Waals surface area contributed by atoms with Crippen molar-refractivity contribution in [3.63, 3.8) is 0 Å². The molecular weight excluding hydrogens is 202 g/mol. The Labute approximate surface area is 97.9 Å². The Morgan fingerprint density at radius 1 is 1.07 bits per heavy atom. The second kappa shape index (κ2) is 3.89. The lowest BCUT2D eigenvalue weighted by atomic mass is 9.86. The van der Waals surface area contributed by atoms with E-state index < -0.39 is 0 Å². The molecule has 2 heteroatoms. The molecule has 0 aliphatic carbocycles. The van der Waals surface area contributed by atoms with E-state index in [0.717, 1.165) is 6.42 Å². The van der Waals surface area contributed by atoms with Crippen LogP contribution in [0.1, 0.15) is 57.1 Å². The fraction of sp³-hybridized carbons (Fsp3) is 0.769. The fourth-order valence-electron chi connectivity index (χ4n) is 1.68. The van der Waals surface area contributed by atoms with Crippen LogP contribution in [0.25, 0.3) is 0 Å². The molecule has 1 heterocycles. The summed E-state index contributed by atoms with van der Waals surface area (Å²) in [6, 6.07) is 0. The summed E-state index contributed by atoms with van der Waals surface area (Å²) >= 11 is 1.85. The molecule has 0 saturated heterocycles. The topological polar surface area (TPSA) is 12.9 Å². The number of thiazole rings is 1. The summed E-state index contributed by atoms with van der Waals surface area (Å²) in [5.74, 6) is 0. The first kappa shape index (κ1) is 12.7. The Kier molecular flexibility index (Phi) is 3.30. The van der Waals surface area contributed by atoms with E-state index in [4.69, 9.17) is 0 Å². The van der Waals surface area contributed by atoms with Crippen molar-refractivity contribution in [2.24, 2.45) is 5.41 Å². The van der Waals surface area contributed by atoms with Crippen LogP contribution in [-0.2, 0) is 11.8 Å². The van der Waals surface area contributed by atoms with Gasteiger partial charge in [0.2, 0.25) is 0 Å². The monoisotopic (exact) mass is 225 g/mol. The smallest absolute Gasteiger partial charge is 0.0900 e. The van der Waals surface area contributed by atoms with Gasteiger partial charge in [0.05, 0.1) is 10.7 Å². The molecule has 0 N–H and O–H groups in total. The number of hydrogen-bond donors (Lipinski definition) is 0. The van der Waals surface area contributed by atoms with Crippen LogP contribution < -0.4 is 0 Å². The molecular formula is C13H23NS. The molecule has 0 bridgehead atoms. The van der Waals surface area contributed by atoms with Crippen LogP contribution in [0.2, 0.25) is 0 Å². The van der Waals surface area contributed by atoms with Crippen molar-refractivity contribution in [1.29, 1.82) is 0 Å². The van der Waals surface area contributed by atoms with Crippen LogP contribution >= 0.6 is 11.3 Å². The Morgan fingerprint density at radius 3 is 2.00 bits per heavy atom. The van der Waals surface area contributed by atoms with Gasteiger partial charge in [0.25, 0.3) is 0 Å². The molecule has 0 unspecified atom stereocenters.